The Hall–Kier alpha value is -4.48. The van der Waals surface area contributed by atoms with Crippen LogP contribution in [0.3, 0.4) is 0 Å². The fraction of sp³-hybridized carbons (Fsp3) is 0.429. The van der Waals surface area contributed by atoms with E-state index in [1.807, 2.05) is 24.3 Å². The molecule has 0 saturated heterocycles. The molecule has 1 atom stereocenters. The van der Waals surface area contributed by atoms with Crippen molar-refractivity contribution in [3.05, 3.63) is 53.6 Å². The highest BCUT2D eigenvalue weighted by molar-refractivity contribution is 5.98. The number of aromatic amines is 1. The maximum Gasteiger partial charge on any atom is 0.245 e. The maximum atomic E-state index is 13.2. The van der Waals surface area contributed by atoms with Crippen LogP contribution < -0.4 is 25.8 Å². The Morgan fingerprint density at radius 1 is 1.05 bits per heavy atom. The number of carbonyl (C=O) groups excluding carboxylic acids is 2. The van der Waals surface area contributed by atoms with Crippen LogP contribution in [0.25, 0.3) is 11.4 Å². The van der Waals surface area contributed by atoms with Gasteiger partial charge < -0.3 is 20.5 Å². The van der Waals surface area contributed by atoms with Crippen LogP contribution in [0.4, 0.5) is 0 Å². The molecular formula is C28H36N8O4. The van der Waals surface area contributed by atoms with Gasteiger partial charge in [-0.15, -0.1) is 10.2 Å². The summed E-state index contributed by atoms with van der Waals surface area (Å²) in [5.41, 5.74) is 8.58. The number of hydrogen-bond acceptors (Lipinski definition) is 8. The molecule has 1 fully saturated rings. The molecule has 1 unspecified atom stereocenters. The predicted octanol–water partition coefficient (Wildman–Crippen LogP) is 2.51. The topological polar surface area (TPSA) is 169 Å². The lowest BCUT2D eigenvalue weighted by Gasteiger charge is -2.24. The third-order valence-electron chi connectivity index (χ3n) is 6.98. The van der Waals surface area contributed by atoms with Gasteiger partial charge in [-0.3, -0.25) is 14.9 Å². The average molecular weight is 549 g/mol. The number of methoxy groups -OCH3 is 2. The van der Waals surface area contributed by atoms with Crippen LogP contribution in [-0.4, -0.2) is 58.7 Å². The quantitative estimate of drug-likeness (QED) is 0.209. The zero-order chi connectivity index (χ0) is 28.3. The highest BCUT2D eigenvalue weighted by Crippen LogP contribution is 2.29. The molecule has 1 aromatic heterocycles. The molecule has 40 heavy (non-hydrogen) atoms. The van der Waals surface area contributed by atoms with E-state index in [4.69, 9.17) is 15.2 Å². The first-order valence-corrected chi connectivity index (χ1v) is 13.4. The number of carbonyl (C=O) groups is 2. The molecule has 0 radical (unpaired) electrons. The van der Waals surface area contributed by atoms with Crippen LogP contribution in [0, 0.1) is 5.92 Å². The molecule has 2 amide bonds. The summed E-state index contributed by atoms with van der Waals surface area (Å²) in [6.45, 7) is 0.327. The van der Waals surface area contributed by atoms with Crippen molar-refractivity contribution < 1.29 is 19.1 Å². The molecule has 1 saturated carbocycles. The molecule has 212 valence electrons. The SMILES string of the molecule is COc1ccc(CC(=O)NC(N)=NC(CC2CCCCC2)C(=O)NCc2ccc(-c3nn[nH]n3)cc2)cc1OC. The van der Waals surface area contributed by atoms with E-state index in [1.165, 1.54) is 13.5 Å². The summed E-state index contributed by atoms with van der Waals surface area (Å²) in [5.74, 6) is 1.34. The number of hydrogen-bond donors (Lipinski definition) is 4. The van der Waals surface area contributed by atoms with Crippen LogP contribution >= 0.6 is 0 Å². The van der Waals surface area contributed by atoms with Crippen molar-refractivity contribution in [3.63, 3.8) is 0 Å². The van der Waals surface area contributed by atoms with E-state index in [9.17, 15) is 9.59 Å². The fourth-order valence-corrected chi connectivity index (χ4v) is 4.88. The number of tetrazole rings is 1. The smallest absolute Gasteiger partial charge is 0.245 e. The summed E-state index contributed by atoms with van der Waals surface area (Å²) >= 11 is 0. The highest BCUT2D eigenvalue weighted by Gasteiger charge is 2.24. The number of ether oxygens (including phenoxy) is 2. The molecule has 0 bridgehead atoms. The molecule has 5 N–H and O–H groups in total. The van der Waals surface area contributed by atoms with E-state index in [0.29, 0.717) is 36.2 Å². The molecular weight excluding hydrogens is 512 g/mol. The minimum atomic E-state index is -0.705. The molecule has 1 aliphatic carbocycles. The van der Waals surface area contributed by atoms with Crippen molar-refractivity contribution in [1.29, 1.82) is 0 Å². The van der Waals surface area contributed by atoms with Gasteiger partial charge in [0.15, 0.2) is 17.5 Å². The molecule has 0 aliphatic heterocycles. The predicted molar refractivity (Wildman–Crippen MR) is 149 cm³/mol. The third-order valence-corrected chi connectivity index (χ3v) is 6.98. The van der Waals surface area contributed by atoms with Crippen molar-refractivity contribution >= 4 is 17.8 Å². The van der Waals surface area contributed by atoms with Gasteiger partial charge in [0.2, 0.25) is 17.6 Å². The monoisotopic (exact) mass is 548 g/mol. The second-order valence-electron chi connectivity index (χ2n) is 9.83. The highest BCUT2D eigenvalue weighted by atomic mass is 16.5. The lowest BCUT2D eigenvalue weighted by molar-refractivity contribution is -0.123. The lowest BCUT2D eigenvalue weighted by Crippen LogP contribution is -2.42. The molecule has 12 heteroatoms. The number of nitrogens with zero attached hydrogens (tertiary/aromatic N) is 4. The number of rotatable bonds is 11. The van der Waals surface area contributed by atoms with Crippen LogP contribution in [0.5, 0.6) is 11.5 Å². The van der Waals surface area contributed by atoms with Gasteiger partial charge in [0.05, 0.1) is 20.6 Å². The standard InChI is InChI=1S/C28H36N8O4/c1-39-23-13-10-20(15-24(23)40-2)16-25(37)32-28(29)31-22(14-18-6-4-3-5-7-18)27(38)30-17-19-8-11-21(12-9-19)26-33-35-36-34-26/h8-13,15,18,22H,3-7,14,16-17H2,1-2H3,(H,30,38)(H3,29,31,32,37)(H,33,34,35,36). The molecule has 3 aromatic rings. The summed E-state index contributed by atoms with van der Waals surface area (Å²) in [6.07, 6.45) is 6.26. The molecule has 1 aliphatic rings. The van der Waals surface area contributed by atoms with Crippen LogP contribution in [-0.2, 0) is 22.6 Å². The summed E-state index contributed by atoms with van der Waals surface area (Å²) < 4.78 is 10.6. The van der Waals surface area contributed by atoms with Gasteiger partial charge in [-0.1, -0.05) is 62.4 Å². The van der Waals surface area contributed by atoms with Gasteiger partial charge >= 0.3 is 0 Å². The molecule has 1 heterocycles. The Morgan fingerprint density at radius 2 is 1.77 bits per heavy atom. The minimum Gasteiger partial charge on any atom is -0.493 e. The van der Waals surface area contributed by atoms with Crippen molar-refractivity contribution in [3.8, 4) is 22.9 Å². The average Bonchev–Trinajstić information content (AvgIpc) is 3.51. The number of amides is 2. The van der Waals surface area contributed by atoms with Crippen molar-refractivity contribution in [2.75, 3.05) is 14.2 Å². The first kappa shape index (κ1) is 28.5. The molecule has 12 nitrogen and oxygen atoms in total. The summed E-state index contributed by atoms with van der Waals surface area (Å²) in [4.78, 5) is 30.4. The van der Waals surface area contributed by atoms with E-state index in [-0.39, 0.29) is 24.2 Å². The number of benzene rings is 2. The molecule has 2 aromatic carbocycles. The summed E-state index contributed by atoms with van der Waals surface area (Å²) in [6, 6.07) is 12.1. The third kappa shape index (κ3) is 8.01. The van der Waals surface area contributed by atoms with Crippen LogP contribution in [0.1, 0.15) is 49.7 Å². The number of H-pyrrole nitrogens is 1. The van der Waals surface area contributed by atoms with Gasteiger partial charge in [0.1, 0.15) is 6.04 Å². The second kappa shape index (κ2) is 14.1. The van der Waals surface area contributed by atoms with Crippen LogP contribution in [0.15, 0.2) is 47.5 Å². The fourth-order valence-electron chi connectivity index (χ4n) is 4.88. The largest absolute Gasteiger partial charge is 0.493 e. The first-order valence-electron chi connectivity index (χ1n) is 13.4. The molecule has 0 spiro atoms. The maximum absolute atomic E-state index is 13.2. The van der Waals surface area contributed by atoms with E-state index in [2.05, 4.69) is 36.3 Å². The van der Waals surface area contributed by atoms with Crippen molar-refractivity contribution in [2.24, 2.45) is 16.6 Å². The lowest BCUT2D eigenvalue weighted by atomic mass is 9.84. The van der Waals surface area contributed by atoms with Gasteiger partial charge in [-0.2, -0.15) is 5.21 Å². The number of aliphatic imine (C=N–C) groups is 1. The zero-order valence-electron chi connectivity index (χ0n) is 22.9. The van der Waals surface area contributed by atoms with Crippen LogP contribution in [0.2, 0.25) is 0 Å². The van der Waals surface area contributed by atoms with Gasteiger partial charge in [-0.25, -0.2) is 4.99 Å². The first-order chi connectivity index (χ1) is 19.4. The van der Waals surface area contributed by atoms with E-state index >= 15 is 0 Å². The Morgan fingerprint density at radius 3 is 2.45 bits per heavy atom. The summed E-state index contributed by atoms with van der Waals surface area (Å²) in [5, 5.41) is 19.5. The number of nitrogens with two attached hydrogens (primary N) is 1. The van der Waals surface area contributed by atoms with Crippen molar-refractivity contribution in [2.45, 2.75) is 57.5 Å². The van der Waals surface area contributed by atoms with E-state index in [0.717, 1.165) is 42.4 Å². The van der Waals surface area contributed by atoms with E-state index < -0.39 is 6.04 Å². The summed E-state index contributed by atoms with van der Waals surface area (Å²) in [7, 11) is 3.09. The Kier molecular flexibility index (Phi) is 10.0. The Bertz CT molecular complexity index is 1290. The second-order valence-corrected chi connectivity index (χ2v) is 9.83. The van der Waals surface area contributed by atoms with Gasteiger partial charge in [-0.05, 0) is 40.8 Å². The van der Waals surface area contributed by atoms with Gasteiger partial charge in [0.25, 0.3) is 0 Å². The Balaban J connectivity index is 1.38. The molecule has 4 rings (SSSR count). The van der Waals surface area contributed by atoms with Gasteiger partial charge in [0, 0.05) is 12.1 Å². The Labute approximate surface area is 233 Å². The minimum absolute atomic E-state index is 0.0654. The normalized spacial score (nSPS) is 14.8. The zero-order valence-corrected chi connectivity index (χ0v) is 22.9. The van der Waals surface area contributed by atoms with E-state index in [1.54, 1.807) is 25.3 Å². The number of guanidine groups is 1. The number of nitrogens with one attached hydrogen (secondary N) is 3. The number of aromatic nitrogens is 4. The van der Waals surface area contributed by atoms with Crippen molar-refractivity contribution in [1.82, 2.24) is 31.3 Å².